The molecule has 0 spiro atoms. The van der Waals surface area contributed by atoms with Crippen molar-refractivity contribution in [1.29, 1.82) is 0 Å². The summed E-state index contributed by atoms with van der Waals surface area (Å²) in [7, 11) is 0. The zero-order valence-electron chi connectivity index (χ0n) is 17.3. The van der Waals surface area contributed by atoms with Crippen LogP contribution in [0.1, 0.15) is 12.1 Å². The van der Waals surface area contributed by atoms with Crippen molar-refractivity contribution in [3.8, 4) is 0 Å². The van der Waals surface area contributed by atoms with E-state index in [1.165, 1.54) is 6.07 Å². The number of piperazine rings is 1. The average molecular weight is 420 g/mol. The summed E-state index contributed by atoms with van der Waals surface area (Å²) in [4.78, 5) is 36.3. The molecule has 1 aromatic carbocycles. The van der Waals surface area contributed by atoms with E-state index < -0.39 is 4.92 Å². The van der Waals surface area contributed by atoms with Crippen LogP contribution in [0.15, 0.2) is 48.7 Å². The van der Waals surface area contributed by atoms with Crippen LogP contribution in [0.4, 0.5) is 17.2 Å². The number of nitro benzene ring substituents is 1. The van der Waals surface area contributed by atoms with Gasteiger partial charge in [0.1, 0.15) is 5.82 Å². The lowest BCUT2D eigenvalue weighted by atomic mass is 10.1. The third kappa shape index (κ3) is 4.55. The molecule has 0 radical (unpaired) electrons. The summed E-state index contributed by atoms with van der Waals surface area (Å²) in [6.45, 7) is 5.09. The van der Waals surface area contributed by atoms with E-state index in [0.29, 0.717) is 42.7 Å². The molecule has 1 saturated heterocycles. The fourth-order valence-electron chi connectivity index (χ4n) is 3.84. The van der Waals surface area contributed by atoms with Gasteiger partial charge >= 0.3 is 0 Å². The van der Waals surface area contributed by atoms with Crippen molar-refractivity contribution in [3.05, 3.63) is 64.5 Å². The minimum absolute atomic E-state index is 0.0221. The van der Waals surface area contributed by atoms with E-state index in [0.717, 1.165) is 24.6 Å². The number of hydrogen-bond acceptors (Lipinski definition) is 7. The highest BCUT2D eigenvalue weighted by molar-refractivity contribution is 5.96. The number of nitrogens with one attached hydrogen (secondary N) is 1. The number of para-hydroxylation sites is 1. The van der Waals surface area contributed by atoms with E-state index >= 15 is 0 Å². The predicted octanol–water partition coefficient (Wildman–Crippen LogP) is 3.00. The summed E-state index contributed by atoms with van der Waals surface area (Å²) in [5.41, 5.74) is 1.76. The summed E-state index contributed by atoms with van der Waals surface area (Å²) >= 11 is 0. The zero-order chi connectivity index (χ0) is 21.8. The molecular weight excluding hydrogens is 396 g/mol. The second-order valence-electron chi connectivity index (χ2n) is 7.47. The Morgan fingerprint density at radius 3 is 2.68 bits per heavy atom. The van der Waals surface area contributed by atoms with Crippen LogP contribution in [0.5, 0.6) is 0 Å². The number of nitro groups is 1. The summed E-state index contributed by atoms with van der Waals surface area (Å²) < 4.78 is 0. The Balaban J connectivity index is 1.36. The maximum absolute atomic E-state index is 12.7. The minimum atomic E-state index is -0.424. The van der Waals surface area contributed by atoms with Gasteiger partial charge in [-0.2, -0.15) is 0 Å². The minimum Gasteiger partial charge on any atom is -0.384 e. The number of non-ortho nitro benzene ring substituents is 1. The maximum Gasteiger partial charge on any atom is 0.295 e. The number of rotatable bonds is 6. The molecule has 1 aliphatic rings. The maximum atomic E-state index is 12.7. The summed E-state index contributed by atoms with van der Waals surface area (Å²) in [5.74, 6) is 1.03. The van der Waals surface area contributed by atoms with Crippen LogP contribution in [0.2, 0.25) is 0 Å². The van der Waals surface area contributed by atoms with Crippen molar-refractivity contribution in [1.82, 2.24) is 14.9 Å². The fraction of sp³-hybridized carbons (Fsp3) is 0.318. The van der Waals surface area contributed by atoms with Gasteiger partial charge in [-0.15, -0.1) is 0 Å². The third-order valence-electron chi connectivity index (χ3n) is 5.40. The largest absolute Gasteiger partial charge is 0.384 e. The fourth-order valence-corrected chi connectivity index (χ4v) is 3.84. The molecular formula is C22H24N6O3. The number of benzene rings is 1. The molecule has 2 aromatic heterocycles. The van der Waals surface area contributed by atoms with E-state index in [2.05, 4.69) is 20.2 Å². The Labute approximate surface area is 179 Å². The monoisotopic (exact) mass is 420 g/mol. The number of aryl methyl sites for hydroxylation is 1. The Kier molecular flexibility index (Phi) is 5.92. The molecule has 3 heterocycles. The molecule has 1 amide bonds. The number of hydrogen-bond donors (Lipinski definition) is 1. The van der Waals surface area contributed by atoms with Crippen LogP contribution in [-0.4, -0.2) is 58.4 Å². The second-order valence-corrected chi connectivity index (χ2v) is 7.47. The van der Waals surface area contributed by atoms with Crippen LogP contribution in [0, 0.1) is 17.0 Å². The number of nitrogens with zero attached hydrogens (tertiary/aromatic N) is 5. The number of pyridine rings is 2. The normalized spacial score (nSPS) is 14.0. The van der Waals surface area contributed by atoms with E-state index in [-0.39, 0.29) is 11.6 Å². The zero-order valence-corrected chi connectivity index (χ0v) is 17.3. The molecule has 1 aliphatic heterocycles. The lowest BCUT2D eigenvalue weighted by molar-refractivity contribution is -0.383. The molecule has 31 heavy (non-hydrogen) atoms. The first-order valence-electron chi connectivity index (χ1n) is 10.3. The van der Waals surface area contributed by atoms with Crippen LogP contribution < -0.4 is 10.2 Å². The molecule has 0 bridgehead atoms. The Morgan fingerprint density at radius 1 is 1.16 bits per heavy atom. The van der Waals surface area contributed by atoms with Gasteiger partial charge < -0.3 is 15.1 Å². The van der Waals surface area contributed by atoms with Gasteiger partial charge in [-0.3, -0.25) is 14.9 Å². The molecule has 1 fully saturated rings. The third-order valence-corrected chi connectivity index (χ3v) is 5.40. The molecule has 0 aliphatic carbocycles. The average Bonchev–Trinajstić information content (AvgIpc) is 2.79. The molecule has 0 atom stereocenters. The van der Waals surface area contributed by atoms with Crippen LogP contribution in [0.25, 0.3) is 10.9 Å². The second kappa shape index (κ2) is 8.95. The van der Waals surface area contributed by atoms with E-state index in [1.54, 1.807) is 25.3 Å². The number of aromatic nitrogens is 2. The summed E-state index contributed by atoms with van der Waals surface area (Å²) in [6.07, 6.45) is 2.12. The van der Waals surface area contributed by atoms with Gasteiger partial charge in [-0.1, -0.05) is 18.2 Å². The molecule has 4 rings (SSSR count). The molecule has 160 valence electrons. The predicted molar refractivity (Wildman–Crippen MR) is 119 cm³/mol. The van der Waals surface area contributed by atoms with E-state index in [9.17, 15) is 14.9 Å². The standard InChI is InChI=1S/C22H24N6O3/c1-16-15-18(17-5-4-6-19(28(30)31)22(17)25-16)23-10-8-21(29)27-13-11-26(12-14-27)20-7-2-3-9-24-20/h2-7,9,15H,8,10-14H2,1H3,(H,23,25). The Morgan fingerprint density at radius 2 is 1.97 bits per heavy atom. The topological polar surface area (TPSA) is 105 Å². The first-order valence-corrected chi connectivity index (χ1v) is 10.3. The molecule has 9 nitrogen and oxygen atoms in total. The summed E-state index contributed by atoms with van der Waals surface area (Å²) in [5, 5.41) is 15.3. The molecule has 3 aromatic rings. The Bertz CT molecular complexity index is 1100. The number of anilines is 2. The Hall–Kier alpha value is -3.75. The number of carbonyl (C=O) groups is 1. The quantitative estimate of drug-likeness (QED) is 0.483. The number of fused-ring (bicyclic) bond motifs is 1. The van der Waals surface area contributed by atoms with Crippen LogP contribution >= 0.6 is 0 Å². The van der Waals surface area contributed by atoms with Crippen molar-refractivity contribution >= 4 is 34.0 Å². The van der Waals surface area contributed by atoms with Crippen molar-refractivity contribution in [2.24, 2.45) is 0 Å². The first kappa shape index (κ1) is 20.5. The van der Waals surface area contributed by atoms with Crippen molar-refractivity contribution < 1.29 is 9.72 Å². The van der Waals surface area contributed by atoms with Gasteiger partial charge in [0.05, 0.1) is 4.92 Å². The lowest BCUT2D eigenvalue weighted by Crippen LogP contribution is -2.49. The van der Waals surface area contributed by atoms with Gasteiger partial charge in [0.2, 0.25) is 5.91 Å². The van der Waals surface area contributed by atoms with Crippen molar-refractivity contribution in [2.45, 2.75) is 13.3 Å². The van der Waals surface area contributed by atoms with Crippen molar-refractivity contribution in [3.63, 3.8) is 0 Å². The van der Waals surface area contributed by atoms with Gasteiger partial charge in [0, 0.05) is 68.2 Å². The van der Waals surface area contributed by atoms with E-state index in [4.69, 9.17) is 0 Å². The smallest absolute Gasteiger partial charge is 0.295 e. The SMILES string of the molecule is Cc1cc(NCCC(=O)N2CCN(c3ccccn3)CC2)c2cccc([N+](=O)[O-])c2n1. The molecule has 1 N–H and O–H groups in total. The highest BCUT2D eigenvalue weighted by Crippen LogP contribution is 2.29. The van der Waals surface area contributed by atoms with Gasteiger partial charge in [0.15, 0.2) is 5.52 Å². The van der Waals surface area contributed by atoms with Crippen LogP contribution in [-0.2, 0) is 4.79 Å². The van der Waals surface area contributed by atoms with Crippen LogP contribution in [0.3, 0.4) is 0 Å². The number of carbonyl (C=O) groups excluding carboxylic acids is 1. The first-order chi connectivity index (χ1) is 15.0. The molecule has 0 saturated carbocycles. The molecule has 9 heteroatoms. The lowest BCUT2D eigenvalue weighted by Gasteiger charge is -2.35. The van der Waals surface area contributed by atoms with E-state index in [1.807, 2.05) is 29.2 Å². The molecule has 0 unspecified atom stereocenters. The number of amides is 1. The summed E-state index contributed by atoms with van der Waals surface area (Å²) in [6, 6.07) is 12.6. The highest BCUT2D eigenvalue weighted by Gasteiger charge is 2.21. The highest BCUT2D eigenvalue weighted by atomic mass is 16.6. The van der Waals surface area contributed by atoms with Gasteiger partial charge in [-0.25, -0.2) is 9.97 Å². The van der Waals surface area contributed by atoms with Crippen molar-refractivity contribution in [2.75, 3.05) is 42.9 Å². The van der Waals surface area contributed by atoms with Gasteiger partial charge in [-0.05, 0) is 25.1 Å². The van der Waals surface area contributed by atoms with Gasteiger partial charge in [0.25, 0.3) is 5.69 Å².